The van der Waals surface area contributed by atoms with Gasteiger partial charge in [0.25, 0.3) is 0 Å². The number of aromatic nitrogens is 3. The van der Waals surface area contributed by atoms with E-state index in [2.05, 4.69) is 26.6 Å². The van der Waals surface area contributed by atoms with E-state index in [4.69, 9.17) is 0 Å². The molecule has 0 aliphatic carbocycles. The minimum absolute atomic E-state index is 0.755. The normalized spacial score (nSPS) is 10.7. The summed E-state index contributed by atoms with van der Waals surface area (Å²) in [4.78, 5) is 4.28. The number of nitrogens with zero attached hydrogens (tertiary/aromatic N) is 2. The van der Waals surface area contributed by atoms with Gasteiger partial charge in [0.15, 0.2) is 0 Å². The number of rotatable bonds is 3. The largest absolute Gasteiger partial charge is 0.379 e. The Bertz CT molecular complexity index is 655. The van der Waals surface area contributed by atoms with Crippen molar-refractivity contribution in [2.45, 2.75) is 13.5 Å². The molecular weight excluding hydrogens is 224 g/mol. The van der Waals surface area contributed by atoms with Crippen LogP contribution in [0.2, 0.25) is 0 Å². The first kappa shape index (κ1) is 10.8. The van der Waals surface area contributed by atoms with Crippen molar-refractivity contribution in [3.8, 4) is 0 Å². The zero-order chi connectivity index (χ0) is 12.4. The molecule has 0 atom stereocenters. The molecule has 0 bridgehead atoms. The van der Waals surface area contributed by atoms with Gasteiger partial charge in [-0.1, -0.05) is 18.2 Å². The fraction of sp³-hybridized carbons (Fsp3) is 0.143. The standard InChI is InChI=1S/C14H14N4/c1-10-5-6-11(7-15-10)8-16-13-4-2-3-12-9-17-18-14(12)13/h2-7,9,16H,8H2,1H3,(H,17,18). The fourth-order valence-corrected chi connectivity index (χ4v) is 1.92. The smallest absolute Gasteiger partial charge is 0.0881 e. The summed E-state index contributed by atoms with van der Waals surface area (Å²) in [5.74, 6) is 0. The van der Waals surface area contributed by atoms with E-state index < -0.39 is 0 Å². The molecule has 0 radical (unpaired) electrons. The summed E-state index contributed by atoms with van der Waals surface area (Å²) in [6.07, 6.45) is 3.73. The number of para-hydroxylation sites is 1. The van der Waals surface area contributed by atoms with Gasteiger partial charge in [-0.3, -0.25) is 10.1 Å². The zero-order valence-corrected chi connectivity index (χ0v) is 10.1. The highest BCUT2D eigenvalue weighted by Crippen LogP contribution is 2.20. The lowest BCUT2D eigenvalue weighted by atomic mass is 10.2. The van der Waals surface area contributed by atoms with Gasteiger partial charge in [0.05, 0.1) is 17.4 Å². The summed E-state index contributed by atoms with van der Waals surface area (Å²) in [5.41, 5.74) is 4.30. The average molecular weight is 238 g/mol. The number of fused-ring (bicyclic) bond motifs is 1. The number of aromatic amines is 1. The van der Waals surface area contributed by atoms with Crippen LogP contribution in [0.4, 0.5) is 5.69 Å². The highest BCUT2D eigenvalue weighted by molar-refractivity contribution is 5.89. The summed E-state index contributed by atoms with van der Waals surface area (Å²) in [7, 11) is 0. The lowest BCUT2D eigenvalue weighted by Gasteiger charge is -2.07. The Balaban J connectivity index is 1.80. The topological polar surface area (TPSA) is 53.6 Å². The third-order valence-corrected chi connectivity index (χ3v) is 2.93. The second kappa shape index (κ2) is 4.49. The molecule has 0 amide bonds. The Labute approximate surface area is 105 Å². The number of nitrogens with one attached hydrogen (secondary N) is 2. The van der Waals surface area contributed by atoms with Crippen molar-refractivity contribution < 1.29 is 0 Å². The number of hydrogen-bond acceptors (Lipinski definition) is 3. The third-order valence-electron chi connectivity index (χ3n) is 2.93. The van der Waals surface area contributed by atoms with Gasteiger partial charge < -0.3 is 5.32 Å². The van der Waals surface area contributed by atoms with Crippen LogP contribution in [0.25, 0.3) is 10.9 Å². The lowest BCUT2D eigenvalue weighted by molar-refractivity contribution is 1.08. The molecule has 18 heavy (non-hydrogen) atoms. The molecule has 0 aliphatic heterocycles. The van der Waals surface area contributed by atoms with Crippen molar-refractivity contribution in [3.63, 3.8) is 0 Å². The average Bonchev–Trinajstić information content (AvgIpc) is 2.87. The Hall–Kier alpha value is -2.36. The molecule has 1 aromatic carbocycles. The monoisotopic (exact) mass is 238 g/mol. The molecule has 0 fully saturated rings. The van der Waals surface area contributed by atoms with E-state index in [9.17, 15) is 0 Å². The summed E-state index contributed by atoms with van der Waals surface area (Å²) in [6, 6.07) is 10.2. The molecule has 0 aliphatic rings. The van der Waals surface area contributed by atoms with Crippen LogP contribution in [0.5, 0.6) is 0 Å². The van der Waals surface area contributed by atoms with E-state index in [-0.39, 0.29) is 0 Å². The summed E-state index contributed by atoms with van der Waals surface area (Å²) in [6.45, 7) is 2.74. The first-order chi connectivity index (χ1) is 8.83. The molecule has 0 spiro atoms. The lowest BCUT2D eigenvalue weighted by Crippen LogP contribution is -2.00. The molecule has 3 rings (SSSR count). The number of anilines is 1. The minimum atomic E-state index is 0.755. The molecule has 90 valence electrons. The molecule has 2 heterocycles. The number of benzene rings is 1. The maximum absolute atomic E-state index is 4.28. The van der Waals surface area contributed by atoms with E-state index >= 15 is 0 Å². The van der Waals surface area contributed by atoms with Crippen LogP contribution < -0.4 is 5.32 Å². The number of pyridine rings is 1. The van der Waals surface area contributed by atoms with Gasteiger partial charge in [0.1, 0.15) is 0 Å². The third kappa shape index (κ3) is 2.05. The highest BCUT2D eigenvalue weighted by Gasteiger charge is 2.02. The molecular formula is C14H14N4. The van der Waals surface area contributed by atoms with Crippen molar-refractivity contribution in [2.75, 3.05) is 5.32 Å². The molecule has 2 aromatic heterocycles. The van der Waals surface area contributed by atoms with Crippen molar-refractivity contribution in [2.24, 2.45) is 0 Å². The Kier molecular flexibility index (Phi) is 2.68. The number of hydrogen-bond donors (Lipinski definition) is 2. The zero-order valence-electron chi connectivity index (χ0n) is 10.1. The van der Waals surface area contributed by atoms with Crippen molar-refractivity contribution in [1.29, 1.82) is 0 Å². The van der Waals surface area contributed by atoms with Crippen molar-refractivity contribution >= 4 is 16.6 Å². The van der Waals surface area contributed by atoms with E-state index in [0.29, 0.717) is 0 Å². The Morgan fingerprint density at radius 1 is 1.17 bits per heavy atom. The second-order valence-corrected chi connectivity index (χ2v) is 4.30. The Morgan fingerprint density at radius 2 is 2.11 bits per heavy atom. The molecule has 3 aromatic rings. The molecule has 0 saturated carbocycles. The van der Waals surface area contributed by atoms with Crippen LogP contribution in [0.3, 0.4) is 0 Å². The number of H-pyrrole nitrogens is 1. The van der Waals surface area contributed by atoms with Crippen LogP contribution in [-0.4, -0.2) is 15.2 Å². The quantitative estimate of drug-likeness (QED) is 0.737. The van der Waals surface area contributed by atoms with Gasteiger partial charge in [-0.25, -0.2) is 0 Å². The van der Waals surface area contributed by atoms with Crippen molar-refractivity contribution in [1.82, 2.24) is 15.2 Å². The molecule has 0 saturated heterocycles. The number of aryl methyl sites for hydroxylation is 1. The SMILES string of the molecule is Cc1ccc(CNc2cccc3cn[nH]c23)cn1. The fourth-order valence-electron chi connectivity index (χ4n) is 1.92. The van der Waals surface area contributed by atoms with Gasteiger partial charge in [0, 0.05) is 23.8 Å². The molecule has 4 nitrogen and oxygen atoms in total. The summed E-state index contributed by atoms with van der Waals surface area (Å²) in [5, 5.41) is 11.6. The van der Waals surface area contributed by atoms with E-state index in [1.54, 1.807) is 0 Å². The van der Waals surface area contributed by atoms with Gasteiger partial charge in [0.2, 0.25) is 0 Å². The van der Waals surface area contributed by atoms with Gasteiger partial charge >= 0.3 is 0 Å². The highest BCUT2D eigenvalue weighted by atomic mass is 15.1. The van der Waals surface area contributed by atoms with Crippen LogP contribution in [-0.2, 0) is 6.54 Å². The summed E-state index contributed by atoms with van der Waals surface area (Å²) < 4.78 is 0. The van der Waals surface area contributed by atoms with Crippen LogP contribution >= 0.6 is 0 Å². The summed E-state index contributed by atoms with van der Waals surface area (Å²) >= 11 is 0. The maximum Gasteiger partial charge on any atom is 0.0881 e. The first-order valence-electron chi connectivity index (χ1n) is 5.90. The minimum Gasteiger partial charge on any atom is -0.379 e. The second-order valence-electron chi connectivity index (χ2n) is 4.30. The molecule has 2 N–H and O–H groups in total. The molecule has 0 unspecified atom stereocenters. The van der Waals surface area contributed by atoms with E-state index in [0.717, 1.165) is 34.4 Å². The van der Waals surface area contributed by atoms with Gasteiger partial charge in [-0.05, 0) is 24.6 Å². The Morgan fingerprint density at radius 3 is 2.94 bits per heavy atom. The molecule has 4 heteroatoms. The van der Waals surface area contributed by atoms with Crippen LogP contribution in [0, 0.1) is 6.92 Å². The van der Waals surface area contributed by atoms with Crippen LogP contribution in [0.1, 0.15) is 11.3 Å². The van der Waals surface area contributed by atoms with Gasteiger partial charge in [-0.2, -0.15) is 5.10 Å². The predicted molar refractivity (Wildman–Crippen MR) is 72.4 cm³/mol. The van der Waals surface area contributed by atoms with Gasteiger partial charge in [-0.15, -0.1) is 0 Å². The van der Waals surface area contributed by atoms with Crippen molar-refractivity contribution in [3.05, 3.63) is 54.0 Å². The maximum atomic E-state index is 4.28. The van der Waals surface area contributed by atoms with E-state index in [1.165, 1.54) is 0 Å². The predicted octanol–water partition coefficient (Wildman–Crippen LogP) is 2.88. The van der Waals surface area contributed by atoms with E-state index in [1.807, 2.05) is 43.6 Å². The van der Waals surface area contributed by atoms with Crippen LogP contribution in [0.15, 0.2) is 42.7 Å². The first-order valence-corrected chi connectivity index (χ1v) is 5.90.